The monoisotopic (exact) mass is 359 g/mol. The van der Waals surface area contributed by atoms with Crippen LogP contribution in [0.25, 0.3) is 5.57 Å². The first kappa shape index (κ1) is 15.7. The van der Waals surface area contributed by atoms with E-state index in [-0.39, 0.29) is 12.3 Å². The van der Waals surface area contributed by atoms with E-state index in [1.807, 2.05) is 24.3 Å². The second kappa shape index (κ2) is 6.01. The molecule has 0 aliphatic carbocycles. The fourth-order valence-corrected chi connectivity index (χ4v) is 4.06. The van der Waals surface area contributed by atoms with Crippen LogP contribution in [0.5, 0.6) is 0 Å². The molecule has 2 nitrogen and oxygen atoms in total. The van der Waals surface area contributed by atoms with Gasteiger partial charge in [0.1, 0.15) is 6.10 Å². The quantitative estimate of drug-likeness (QED) is 0.502. The normalized spacial score (nSPS) is 20.7. The maximum atomic E-state index is 6.58. The molecule has 0 saturated carbocycles. The Morgan fingerprint density at radius 1 is 0.846 bits per heavy atom. The van der Waals surface area contributed by atoms with Gasteiger partial charge in [-0.15, -0.1) is 0 Å². The molecule has 3 aromatic rings. The lowest BCUT2D eigenvalue weighted by Crippen LogP contribution is -2.40. The molecule has 0 N–H and O–H groups in total. The van der Waals surface area contributed by atoms with Crippen molar-refractivity contribution >= 4 is 28.5 Å². The molecule has 3 heteroatoms. The highest BCUT2D eigenvalue weighted by atomic mass is 35.5. The summed E-state index contributed by atoms with van der Waals surface area (Å²) < 4.78 is 6.58. The molecule has 3 aromatic carbocycles. The smallest absolute Gasteiger partial charge is 0.155 e. The van der Waals surface area contributed by atoms with Crippen molar-refractivity contribution < 1.29 is 4.74 Å². The summed E-state index contributed by atoms with van der Waals surface area (Å²) in [5, 5.41) is 0.738. The summed E-state index contributed by atoms with van der Waals surface area (Å²) in [6.07, 6.45) is 1.97. The van der Waals surface area contributed by atoms with E-state index in [1.165, 1.54) is 28.1 Å². The molecule has 2 atom stereocenters. The van der Waals surface area contributed by atoms with Crippen LogP contribution in [-0.2, 0) is 4.74 Å². The molecule has 0 aromatic heterocycles. The Kier molecular flexibility index (Phi) is 3.63. The lowest BCUT2D eigenvalue weighted by molar-refractivity contribution is 0.0299. The maximum Gasteiger partial charge on any atom is 0.155 e. The number of fused-ring (bicyclic) bond motifs is 5. The van der Waals surface area contributed by atoms with Gasteiger partial charge >= 0.3 is 0 Å². The predicted molar refractivity (Wildman–Crippen MR) is 107 cm³/mol. The molecule has 2 aliphatic heterocycles. The Balaban J connectivity index is 1.69. The molecule has 2 heterocycles. The van der Waals surface area contributed by atoms with Gasteiger partial charge in [-0.3, -0.25) is 0 Å². The number of nitrogens with zero attached hydrogens (tertiary/aromatic N) is 1. The Morgan fingerprint density at radius 2 is 1.54 bits per heavy atom. The van der Waals surface area contributed by atoms with E-state index in [2.05, 4.69) is 66.4 Å². The van der Waals surface area contributed by atoms with Gasteiger partial charge in [0.2, 0.25) is 0 Å². The summed E-state index contributed by atoms with van der Waals surface area (Å²) in [6, 6.07) is 24.9. The highest BCUT2D eigenvalue weighted by Gasteiger charge is 2.36. The van der Waals surface area contributed by atoms with Crippen LogP contribution in [0.3, 0.4) is 0 Å². The van der Waals surface area contributed by atoms with Gasteiger partial charge in [-0.1, -0.05) is 60.1 Å². The van der Waals surface area contributed by atoms with Gasteiger partial charge in [0.05, 0.1) is 11.4 Å². The molecule has 0 radical (unpaired) electrons. The molecule has 5 rings (SSSR count). The van der Waals surface area contributed by atoms with E-state index in [0.29, 0.717) is 0 Å². The number of hydrogen-bond acceptors (Lipinski definition) is 2. The zero-order chi connectivity index (χ0) is 17.7. The second-order valence-corrected chi connectivity index (χ2v) is 7.19. The van der Waals surface area contributed by atoms with Crippen LogP contribution in [0, 0.1) is 0 Å². The number of anilines is 2. The van der Waals surface area contributed by atoms with Gasteiger partial charge in [0, 0.05) is 16.1 Å². The standard InChI is InChI=1S/C23H18ClNO/c1-15-14-22-25(20-8-4-2-6-18(15)20)21-9-5-3-7-19(21)23(26-22)16-10-12-17(24)13-11-16/h2-14,22-23H,1H3. The fraction of sp³-hybridized carbons (Fsp3) is 0.130. The molecule has 128 valence electrons. The van der Waals surface area contributed by atoms with E-state index in [0.717, 1.165) is 10.6 Å². The highest BCUT2D eigenvalue weighted by molar-refractivity contribution is 6.30. The summed E-state index contributed by atoms with van der Waals surface area (Å²) in [5.74, 6) is 0. The molecule has 0 saturated heterocycles. The number of para-hydroxylation sites is 2. The summed E-state index contributed by atoms with van der Waals surface area (Å²) in [5.41, 5.74) is 7.18. The van der Waals surface area contributed by atoms with Gasteiger partial charge in [-0.25, -0.2) is 0 Å². The maximum absolute atomic E-state index is 6.58. The number of hydrogen-bond donors (Lipinski definition) is 0. The molecular formula is C23H18ClNO. The summed E-state index contributed by atoms with van der Waals surface area (Å²) >= 11 is 6.08. The molecule has 26 heavy (non-hydrogen) atoms. The lowest BCUT2D eigenvalue weighted by Gasteiger charge is -2.44. The van der Waals surface area contributed by atoms with Crippen molar-refractivity contribution in [2.75, 3.05) is 4.90 Å². The minimum absolute atomic E-state index is 0.112. The first-order chi connectivity index (χ1) is 12.7. The Labute approximate surface area is 158 Å². The van der Waals surface area contributed by atoms with E-state index in [9.17, 15) is 0 Å². The van der Waals surface area contributed by atoms with Crippen LogP contribution < -0.4 is 4.90 Å². The Hall–Kier alpha value is -2.55. The minimum atomic E-state index is -0.125. The first-order valence-electron chi connectivity index (χ1n) is 8.79. The third kappa shape index (κ3) is 2.38. The zero-order valence-corrected chi connectivity index (χ0v) is 15.1. The average Bonchev–Trinajstić information content (AvgIpc) is 2.68. The average molecular weight is 360 g/mol. The van der Waals surface area contributed by atoms with E-state index >= 15 is 0 Å². The third-order valence-corrected chi connectivity index (χ3v) is 5.41. The van der Waals surface area contributed by atoms with Crippen molar-refractivity contribution in [2.24, 2.45) is 0 Å². The molecule has 2 aliphatic rings. The van der Waals surface area contributed by atoms with Gasteiger partial charge < -0.3 is 9.64 Å². The number of halogens is 1. The summed E-state index contributed by atoms with van der Waals surface area (Å²) in [6.45, 7) is 2.15. The van der Waals surface area contributed by atoms with Gasteiger partial charge in [0.25, 0.3) is 0 Å². The molecule has 0 spiro atoms. The highest BCUT2D eigenvalue weighted by Crippen LogP contribution is 2.48. The van der Waals surface area contributed by atoms with Crippen LogP contribution >= 0.6 is 11.6 Å². The molecule has 0 amide bonds. The second-order valence-electron chi connectivity index (χ2n) is 6.75. The largest absolute Gasteiger partial charge is 0.342 e. The number of benzene rings is 3. The van der Waals surface area contributed by atoms with Crippen LogP contribution in [0.2, 0.25) is 5.02 Å². The van der Waals surface area contributed by atoms with Gasteiger partial charge in [-0.2, -0.15) is 0 Å². The van der Waals surface area contributed by atoms with Crippen molar-refractivity contribution in [1.29, 1.82) is 0 Å². The molecule has 0 fully saturated rings. The van der Waals surface area contributed by atoms with Crippen LogP contribution in [0.15, 0.2) is 78.9 Å². The summed E-state index contributed by atoms with van der Waals surface area (Å²) in [4.78, 5) is 2.30. The predicted octanol–water partition coefficient (Wildman–Crippen LogP) is 6.34. The molecule has 2 unspecified atom stereocenters. The van der Waals surface area contributed by atoms with Crippen molar-refractivity contribution in [3.63, 3.8) is 0 Å². The van der Waals surface area contributed by atoms with Crippen molar-refractivity contribution in [1.82, 2.24) is 0 Å². The van der Waals surface area contributed by atoms with Crippen molar-refractivity contribution in [3.05, 3.63) is 101 Å². The van der Waals surface area contributed by atoms with E-state index < -0.39 is 0 Å². The van der Waals surface area contributed by atoms with Crippen LogP contribution in [0.4, 0.5) is 11.4 Å². The third-order valence-electron chi connectivity index (χ3n) is 5.16. The first-order valence-corrected chi connectivity index (χ1v) is 9.17. The van der Waals surface area contributed by atoms with Crippen LogP contribution in [0.1, 0.15) is 29.7 Å². The SMILES string of the molecule is CC1=CC2OC(c3ccc(Cl)cc3)c3ccccc3N2c2ccccc21. The number of allylic oxidation sites excluding steroid dienone is 1. The van der Waals surface area contributed by atoms with Crippen molar-refractivity contribution in [3.8, 4) is 0 Å². The number of rotatable bonds is 1. The molecular weight excluding hydrogens is 342 g/mol. The lowest BCUT2D eigenvalue weighted by atomic mass is 9.93. The topological polar surface area (TPSA) is 12.5 Å². The van der Waals surface area contributed by atoms with Crippen molar-refractivity contribution in [2.45, 2.75) is 19.3 Å². The Morgan fingerprint density at radius 3 is 2.35 bits per heavy atom. The van der Waals surface area contributed by atoms with Gasteiger partial charge in [0.15, 0.2) is 6.23 Å². The number of ether oxygens (including phenoxy) is 1. The van der Waals surface area contributed by atoms with E-state index in [1.54, 1.807) is 0 Å². The van der Waals surface area contributed by atoms with Gasteiger partial charge in [-0.05, 0) is 48.4 Å². The zero-order valence-electron chi connectivity index (χ0n) is 14.4. The fourth-order valence-electron chi connectivity index (χ4n) is 3.94. The van der Waals surface area contributed by atoms with Crippen LogP contribution in [-0.4, -0.2) is 6.23 Å². The Bertz CT molecular complexity index is 1010. The minimum Gasteiger partial charge on any atom is -0.342 e. The van der Waals surface area contributed by atoms with E-state index in [4.69, 9.17) is 16.3 Å². The summed E-state index contributed by atoms with van der Waals surface area (Å²) in [7, 11) is 0. The molecule has 0 bridgehead atoms.